The predicted molar refractivity (Wildman–Crippen MR) is 121 cm³/mol. The van der Waals surface area contributed by atoms with E-state index in [4.69, 9.17) is 21.7 Å². The van der Waals surface area contributed by atoms with Crippen molar-refractivity contribution in [3.63, 3.8) is 0 Å². The van der Waals surface area contributed by atoms with Crippen LogP contribution < -0.4 is 5.32 Å². The monoisotopic (exact) mass is 439 g/mol. The van der Waals surface area contributed by atoms with Crippen LogP contribution in [0, 0.1) is 16.0 Å². The van der Waals surface area contributed by atoms with Gasteiger partial charge in [0.2, 0.25) is 5.91 Å². The fourth-order valence-corrected chi connectivity index (χ4v) is 3.68. The predicted octanol–water partition coefficient (Wildman–Crippen LogP) is 4.03. The Labute approximate surface area is 185 Å². The molecule has 3 rings (SSSR count). The number of hydrogen-bond acceptors (Lipinski definition) is 6. The highest BCUT2D eigenvalue weighted by Gasteiger charge is 2.20. The first-order chi connectivity index (χ1) is 15.0. The Morgan fingerprint density at radius 2 is 2.10 bits per heavy atom. The number of nitriles is 1. The maximum absolute atomic E-state index is 11.8. The summed E-state index contributed by atoms with van der Waals surface area (Å²) in [5.74, 6) is -0.233. The quantitative estimate of drug-likeness (QED) is 0.385. The lowest BCUT2D eigenvalue weighted by Gasteiger charge is -2.13. The summed E-state index contributed by atoms with van der Waals surface area (Å²) in [5, 5.41) is 12.7. The Hall–Kier alpha value is -3.06. The van der Waals surface area contributed by atoms with Crippen molar-refractivity contribution in [3.05, 3.63) is 40.8 Å². The van der Waals surface area contributed by atoms with E-state index < -0.39 is 0 Å². The van der Waals surface area contributed by atoms with Crippen LogP contribution in [0.4, 0.5) is 5.69 Å². The van der Waals surface area contributed by atoms with Crippen LogP contribution >= 0.6 is 12.2 Å². The zero-order valence-electron chi connectivity index (χ0n) is 17.8. The molecule has 0 spiro atoms. The molecular weight excluding hydrogens is 414 g/mol. The molecule has 0 saturated carbocycles. The molecule has 0 bridgehead atoms. The molecule has 31 heavy (non-hydrogen) atoms. The van der Waals surface area contributed by atoms with Crippen LogP contribution in [0.1, 0.15) is 25.8 Å². The van der Waals surface area contributed by atoms with Gasteiger partial charge in [0.1, 0.15) is 23.8 Å². The molecule has 0 aliphatic rings. The summed E-state index contributed by atoms with van der Waals surface area (Å²) in [7, 11) is 1.47. The molecule has 1 amide bonds. The second-order valence-electron chi connectivity index (χ2n) is 7.25. The fourth-order valence-electron chi connectivity index (χ4n) is 3.41. The van der Waals surface area contributed by atoms with Gasteiger partial charge in [-0.25, -0.2) is 4.98 Å². The molecule has 2 N–H and O–H groups in total. The highest BCUT2D eigenvalue weighted by molar-refractivity contribution is 7.71. The van der Waals surface area contributed by atoms with E-state index in [1.165, 1.54) is 13.4 Å². The van der Waals surface area contributed by atoms with E-state index in [1.807, 2.05) is 30.5 Å². The maximum atomic E-state index is 11.8. The minimum Gasteiger partial charge on any atom is -0.379 e. The molecule has 2 heterocycles. The molecule has 0 aliphatic heterocycles. The number of aromatic nitrogens is 3. The minimum absolute atomic E-state index is 0.0164. The van der Waals surface area contributed by atoms with Gasteiger partial charge in [-0.1, -0.05) is 24.4 Å². The maximum Gasteiger partial charge on any atom is 0.250 e. The Morgan fingerprint density at radius 1 is 1.35 bits per heavy atom. The lowest BCUT2D eigenvalue weighted by Crippen LogP contribution is -2.16. The Morgan fingerprint density at radius 3 is 2.74 bits per heavy atom. The summed E-state index contributed by atoms with van der Waals surface area (Å²) in [6, 6.07) is 9.65. The largest absolute Gasteiger partial charge is 0.379 e. The lowest BCUT2D eigenvalue weighted by molar-refractivity contribution is -0.119. The van der Waals surface area contributed by atoms with Gasteiger partial charge >= 0.3 is 0 Å². The summed E-state index contributed by atoms with van der Waals surface area (Å²) in [4.78, 5) is 19.0. The van der Waals surface area contributed by atoms with Crippen LogP contribution in [0.5, 0.6) is 0 Å². The van der Waals surface area contributed by atoms with Crippen LogP contribution in [-0.2, 0) is 20.8 Å². The van der Waals surface area contributed by atoms with Crippen LogP contribution in [0.2, 0.25) is 0 Å². The minimum atomic E-state index is -0.233. The molecule has 0 saturated heterocycles. The van der Waals surface area contributed by atoms with E-state index >= 15 is 0 Å². The summed E-state index contributed by atoms with van der Waals surface area (Å²) in [5.41, 5.74) is 4.14. The molecule has 3 aromatic rings. The third-order valence-electron chi connectivity index (χ3n) is 4.66. The number of ether oxygens (including phenoxy) is 2. The number of amides is 1. The Bertz CT molecular complexity index is 1160. The zero-order valence-corrected chi connectivity index (χ0v) is 18.6. The Kier molecular flexibility index (Phi) is 7.52. The number of nitrogens with zero attached hydrogens (tertiary/aromatic N) is 3. The van der Waals surface area contributed by atoms with Gasteiger partial charge in [-0.3, -0.25) is 4.79 Å². The average molecular weight is 440 g/mol. The standard InChI is InChI=1S/C22H25N5O3S/c1-14(2)30-10-4-9-27-20(17(11-23)19-21(27)22(31)25-13-24-19)15-5-7-16(8-6-15)26-18(28)12-29-3/h5-8,13-14H,4,9-10,12H2,1-3H3,(H,26,28)(H,24,25,31). The summed E-state index contributed by atoms with van der Waals surface area (Å²) < 4.78 is 13.0. The summed E-state index contributed by atoms with van der Waals surface area (Å²) >= 11 is 5.47. The van der Waals surface area contributed by atoms with E-state index in [1.54, 1.807) is 12.1 Å². The number of H-pyrrole nitrogens is 1. The molecular formula is C22H25N5O3S. The summed E-state index contributed by atoms with van der Waals surface area (Å²) in [6.07, 6.45) is 2.42. The van der Waals surface area contributed by atoms with E-state index in [-0.39, 0.29) is 18.6 Å². The molecule has 1 aromatic carbocycles. The molecule has 8 nitrogen and oxygen atoms in total. The summed E-state index contributed by atoms with van der Waals surface area (Å²) in [6.45, 7) is 5.20. The molecule has 162 valence electrons. The second kappa shape index (κ2) is 10.3. The van der Waals surface area contributed by atoms with Gasteiger partial charge in [0, 0.05) is 25.9 Å². The SMILES string of the molecule is COCC(=O)Nc1ccc(-c2c(C#N)c3[nH]cnc(=S)c3n2CCCOC(C)C)cc1. The third-order valence-corrected chi connectivity index (χ3v) is 4.96. The van der Waals surface area contributed by atoms with Gasteiger partial charge in [0.25, 0.3) is 0 Å². The number of nitrogens with one attached hydrogen (secondary N) is 2. The molecule has 0 atom stereocenters. The number of aryl methyl sites for hydroxylation is 1. The van der Waals surface area contributed by atoms with Crippen LogP contribution in [-0.4, -0.2) is 46.9 Å². The molecule has 9 heteroatoms. The van der Waals surface area contributed by atoms with Gasteiger partial charge in [-0.05, 0) is 38.0 Å². The number of carbonyl (C=O) groups excluding carboxylic acids is 1. The first-order valence-corrected chi connectivity index (χ1v) is 10.4. The van der Waals surface area contributed by atoms with Crippen molar-refractivity contribution >= 4 is 34.8 Å². The molecule has 0 radical (unpaired) electrons. The molecule has 2 aromatic heterocycles. The first-order valence-electron chi connectivity index (χ1n) is 9.97. The van der Waals surface area contributed by atoms with Crippen LogP contribution in [0.25, 0.3) is 22.3 Å². The molecule has 0 unspecified atom stereocenters. The van der Waals surface area contributed by atoms with Gasteiger partial charge in [0.15, 0.2) is 4.64 Å². The normalized spacial score (nSPS) is 11.1. The van der Waals surface area contributed by atoms with E-state index in [2.05, 4.69) is 21.4 Å². The van der Waals surface area contributed by atoms with E-state index in [0.717, 1.165) is 23.2 Å². The zero-order chi connectivity index (χ0) is 22.4. The van der Waals surface area contributed by atoms with Crippen molar-refractivity contribution < 1.29 is 14.3 Å². The number of aromatic amines is 1. The highest BCUT2D eigenvalue weighted by atomic mass is 32.1. The molecule has 0 fully saturated rings. The number of fused-ring (bicyclic) bond motifs is 1. The van der Waals surface area contributed by atoms with Crippen molar-refractivity contribution in [2.75, 3.05) is 25.6 Å². The van der Waals surface area contributed by atoms with Crippen molar-refractivity contribution in [1.82, 2.24) is 14.5 Å². The lowest BCUT2D eigenvalue weighted by atomic mass is 10.1. The van der Waals surface area contributed by atoms with Gasteiger partial charge in [-0.15, -0.1) is 0 Å². The fraction of sp³-hybridized carbons (Fsp3) is 0.364. The smallest absolute Gasteiger partial charge is 0.250 e. The number of anilines is 1. The van der Waals surface area contributed by atoms with Crippen molar-refractivity contribution in [2.45, 2.75) is 32.9 Å². The number of methoxy groups -OCH3 is 1. The number of hydrogen-bond donors (Lipinski definition) is 2. The van der Waals surface area contributed by atoms with Crippen LogP contribution in [0.3, 0.4) is 0 Å². The topological polar surface area (TPSA) is 105 Å². The van der Waals surface area contributed by atoms with Crippen molar-refractivity contribution in [1.29, 1.82) is 5.26 Å². The first kappa shape index (κ1) is 22.6. The van der Waals surface area contributed by atoms with Crippen LogP contribution in [0.15, 0.2) is 30.6 Å². The Balaban J connectivity index is 2.03. The van der Waals surface area contributed by atoms with Gasteiger partial charge < -0.3 is 24.3 Å². The number of rotatable bonds is 9. The third kappa shape index (κ3) is 5.17. The van der Waals surface area contributed by atoms with Crippen molar-refractivity contribution in [3.8, 4) is 17.3 Å². The highest BCUT2D eigenvalue weighted by Crippen LogP contribution is 2.33. The molecule has 0 aliphatic carbocycles. The van der Waals surface area contributed by atoms with E-state index in [9.17, 15) is 10.1 Å². The average Bonchev–Trinajstić information content (AvgIpc) is 3.06. The number of carbonyl (C=O) groups is 1. The van der Waals surface area contributed by atoms with Crippen molar-refractivity contribution in [2.24, 2.45) is 0 Å². The van der Waals surface area contributed by atoms with Gasteiger partial charge in [0.05, 0.1) is 23.6 Å². The van der Waals surface area contributed by atoms with Gasteiger partial charge in [-0.2, -0.15) is 5.26 Å². The second-order valence-corrected chi connectivity index (χ2v) is 7.64. The van der Waals surface area contributed by atoms with E-state index in [0.29, 0.717) is 34.6 Å². The number of benzene rings is 1.